The average molecular weight is 668 g/mol. The fraction of sp³-hybridized carbons (Fsp3) is 0.429. The second-order valence-corrected chi connectivity index (χ2v) is 10.4. The summed E-state index contributed by atoms with van der Waals surface area (Å²) in [5.74, 6) is -4.49. The Hall–Kier alpha value is -1.90. The molecular weight excluding hydrogens is 650 g/mol. The number of rotatable bonds is 6. The molecule has 6 unspecified atom stereocenters. The number of esters is 2. The van der Waals surface area contributed by atoms with Crippen LogP contribution in [0.15, 0.2) is 24.3 Å². The molecule has 2 aliphatic carbocycles. The number of aliphatic carboxylic acids is 1. The summed E-state index contributed by atoms with van der Waals surface area (Å²) in [5.41, 5.74) is 0.692. The van der Waals surface area contributed by atoms with Gasteiger partial charge < -0.3 is 24.1 Å². The van der Waals surface area contributed by atoms with Crippen molar-refractivity contribution >= 4 is 69.2 Å². The third kappa shape index (κ3) is 4.08. The topological polar surface area (TPSA) is 125 Å². The summed E-state index contributed by atoms with van der Waals surface area (Å²) < 4.78 is 22.9. The van der Waals surface area contributed by atoms with Crippen LogP contribution in [0.1, 0.15) is 18.9 Å². The van der Waals surface area contributed by atoms with Crippen LogP contribution in [0.4, 0.5) is 4.79 Å². The molecule has 32 heavy (non-hydrogen) atoms. The lowest BCUT2D eigenvalue weighted by Gasteiger charge is -2.28. The van der Waals surface area contributed by atoms with Crippen LogP contribution in [0.2, 0.25) is 0 Å². The Bertz CT molecular complexity index is 1040. The highest BCUT2D eigenvalue weighted by Gasteiger charge is 2.70. The van der Waals surface area contributed by atoms with Gasteiger partial charge in [-0.05, 0) is 70.7 Å². The molecule has 170 valence electrons. The second kappa shape index (κ2) is 8.80. The number of fused-ring (bicyclic) bond motifs is 1. The SMILES string of the molecule is C=C(C)C(=O)OCc1cc(I)cc(I)c1OC(=O)OC1C2CC3C1OC(=O)C3C2C(=O)O. The van der Waals surface area contributed by atoms with Crippen molar-refractivity contribution in [3.63, 3.8) is 0 Å². The molecule has 0 radical (unpaired) electrons. The first-order valence-electron chi connectivity index (χ1n) is 9.70. The van der Waals surface area contributed by atoms with E-state index in [9.17, 15) is 24.3 Å². The molecule has 2 saturated carbocycles. The monoisotopic (exact) mass is 668 g/mol. The van der Waals surface area contributed by atoms with Gasteiger partial charge in [-0.3, -0.25) is 9.59 Å². The van der Waals surface area contributed by atoms with Crippen LogP contribution in [0.25, 0.3) is 0 Å². The summed E-state index contributed by atoms with van der Waals surface area (Å²) in [7, 11) is 0. The molecule has 6 atom stereocenters. The maximum Gasteiger partial charge on any atom is 0.514 e. The molecule has 2 bridgehead atoms. The zero-order chi connectivity index (χ0) is 23.3. The highest BCUT2D eigenvalue weighted by molar-refractivity contribution is 14.1. The van der Waals surface area contributed by atoms with Crippen LogP contribution in [0.3, 0.4) is 0 Å². The van der Waals surface area contributed by atoms with E-state index < -0.39 is 54.0 Å². The standard InChI is InChI=1S/C21H18I2O9/c1-7(2)19(26)29-6-8-3-9(22)4-12(23)15(8)31-21(28)32-17-10-5-11-14(13(10)18(24)25)20(27)30-16(11)17/h3-4,10-11,13-14,16-17H,1,5-6H2,2H3,(H,24,25). The van der Waals surface area contributed by atoms with Crippen molar-refractivity contribution in [1.82, 2.24) is 0 Å². The average Bonchev–Trinajstić information content (AvgIpc) is 3.31. The summed E-state index contributed by atoms with van der Waals surface area (Å²) in [6.07, 6.45) is -2.15. The molecule has 4 rings (SSSR count). The van der Waals surface area contributed by atoms with Crippen LogP contribution < -0.4 is 4.74 Å². The molecule has 1 aromatic carbocycles. The quantitative estimate of drug-likeness (QED) is 0.160. The first-order chi connectivity index (χ1) is 15.1. The van der Waals surface area contributed by atoms with Crippen molar-refractivity contribution in [2.24, 2.45) is 23.7 Å². The van der Waals surface area contributed by atoms with Crippen LogP contribution in [0, 0.1) is 30.8 Å². The van der Waals surface area contributed by atoms with E-state index in [2.05, 4.69) is 29.2 Å². The number of carboxylic acid groups (broad SMARTS) is 1. The summed E-state index contributed by atoms with van der Waals surface area (Å²) in [6, 6.07) is 3.48. The lowest BCUT2D eigenvalue weighted by molar-refractivity contribution is -0.151. The molecule has 1 saturated heterocycles. The number of hydrogen-bond donors (Lipinski definition) is 1. The Morgan fingerprint density at radius 2 is 1.97 bits per heavy atom. The molecule has 1 heterocycles. The molecule has 0 spiro atoms. The first-order valence-corrected chi connectivity index (χ1v) is 11.9. The van der Waals surface area contributed by atoms with E-state index in [0.29, 0.717) is 15.6 Å². The van der Waals surface area contributed by atoms with E-state index in [1.165, 1.54) is 6.92 Å². The van der Waals surface area contributed by atoms with Gasteiger partial charge in [0.1, 0.15) is 18.8 Å². The summed E-state index contributed by atoms with van der Waals surface area (Å²) >= 11 is 4.08. The van der Waals surface area contributed by atoms with Crippen LogP contribution in [-0.2, 0) is 35.2 Å². The minimum atomic E-state index is -1.10. The predicted molar refractivity (Wildman–Crippen MR) is 123 cm³/mol. The Kier molecular flexibility index (Phi) is 6.40. The fourth-order valence-electron chi connectivity index (χ4n) is 4.80. The zero-order valence-corrected chi connectivity index (χ0v) is 21.0. The van der Waals surface area contributed by atoms with Crippen molar-refractivity contribution in [3.8, 4) is 5.75 Å². The maximum atomic E-state index is 12.7. The molecular formula is C21H18I2O9. The maximum absolute atomic E-state index is 12.7. The van der Waals surface area contributed by atoms with Gasteiger partial charge in [0, 0.05) is 26.5 Å². The Balaban J connectivity index is 1.50. The van der Waals surface area contributed by atoms with Gasteiger partial charge in [-0.1, -0.05) is 6.58 Å². The Labute approximate surface area is 210 Å². The summed E-state index contributed by atoms with van der Waals surface area (Å²) in [4.78, 5) is 48.2. The third-order valence-electron chi connectivity index (χ3n) is 6.04. The lowest BCUT2D eigenvalue weighted by Crippen LogP contribution is -2.43. The molecule has 1 N–H and O–H groups in total. The molecule has 11 heteroatoms. The minimum Gasteiger partial charge on any atom is -0.481 e. The number of carboxylic acids is 1. The van der Waals surface area contributed by atoms with E-state index >= 15 is 0 Å². The van der Waals surface area contributed by atoms with Gasteiger partial charge in [-0.15, -0.1) is 0 Å². The van der Waals surface area contributed by atoms with E-state index in [4.69, 9.17) is 18.9 Å². The summed E-state index contributed by atoms with van der Waals surface area (Å²) in [5, 5.41) is 9.57. The molecule has 9 nitrogen and oxygen atoms in total. The van der Waals surface area contributed by atoms with Crippen molar-refractivity contribution in [1.29, 1.82) is 0 Å². The molecule has 0 aromatic heterocycles. The molecule has 3 aliphatic rings. The van der Waals surface area contributed by atoms with Crippen molar-refractivity contribution in [3.05, 3.63) is 37.0 Å². The molecule has 1 aliphatic heterocycles. The van der Waals surface area contributed by atoms with E-state index in [1.54, 1.807) is 12.1 Å². The zero-order valence-electron chi connectivity index (χ0n) is 16.7. The molecule has 1 aromatic rings. The van der Waals surface area contributed by atoms with Crippen LogP contribution in [-0.4, -0.2) is 41.4 Å². The van der Waals surface area contributed by atoms with Crippen LogP contribution in [0.5, 0.6) is 5.75 Å². The van der Waals surface area contributed by atoms with Crippen molar-refractivity contribution < 1.29 is 43.2 Å². The third-order valence-corrected chi connectivity index (χ3v) is 7.47. The smallest absolute Gasteiger partial charge is 0.481 e. The largest absolute Gasteiger partial charge is 0.514 e. The first kappa shape index (κ1) is 23.3. The fourth-order valence-corrected chi connectivity index (χ4v) is 6.88. The van der Waals surface area contributed by atoms with E-state index in [0.717, 1.165) is 3.57 Å². The van der Waals surface area contributed by atoms with Gasteiger partial charge >= 0.3 is 24.1 Å². The van der Waals surface area contributed by atoms with Gasteiger partial charge in [0.15, 0.2) is 5.75 Å². The van der Waals surface area contributed by atoms with Gasteiger partial charge in [-0.25, -0.2) is 9.59 Å². The second-order valence-electron chi connectivity index (χ2n) is 8.02. The van der Waals surface area contributed by atoms with Crippen LogP contribution >= 0.6 is 45.2 Å². The number of ether oxygens (including phenoxy) is 4. The number of carbonyl (C=O) groups excluding carboxylic acids is 3. The Morgan fingerprint density at radius 1 is 1.25 bits per heavy atom. The van der Waals surface area contributed by atoms with Gasteiger partial charge in [0.2, 0.25) is 0 Å². The van der Waals surface area contributed by atoms with Gasteiger partial charge in [-0.2, -0.15) is 0 Å². The van der Waals surface area contributed by atoms with E-state index in [-0.39, 0.29) is 23.8 Å². The normalized spacial score (nSPS) is 29.4. The van der Waals surface area contributed by atoms with E-state index in [1.807, 2.05) is 22.6 Å². The summed E-state index contributed by atoms with van der Waals surface area (Å²) in [6.45, 7) is 4.91. The minimum absolute atomic E-state index is 0.141. The van der Waals surface area contributed by atoms with Gasteiger partial charge in [0.25, 0.3) is 0 Å². The number of halogens is 2. The van der Waals surface area contributed by atoms with Crippen molar-refractivity contribution in [2.75, 3.05) is 0 Å². The molecule has 3 fully saturated rings. The predicted octanol–water partition coefficient (Wildman–Crippen LogP) is 3.29. The van der Waals surface area contributed by atoms with Gasteiger partial charge in [0.05, 0.1) is 15.4 Å². The lowest BCUT2D eigenvalue weighted by atomic mass is 9.78. The molecule has 0 amide bonds. The number of hydrogen-bond acceptors (Lipinski definition) is 8. The highest BCUT2D eigenvalue weighted by Crippen LogP contribution is 2.58. The Morgan fingerprint density at radius 3 is 2.62 bits per heavy atom. The van der Waals surface area contributed by atoms with Crippen molar-refractivity contribution in [2.45, 2.75) is 32.2 Å². The highest BCUT2D eigenvalue weighted by atomic mass is 127. The number of carbonyl (C=O) groups is 4. The number of benzene rings is 1.